The SMILES string of the molecule is CC(=O)N(CC(=O)Nc1ccccc1)[N+]1(C)CCCC1=O. The van der Waals surface area contributed by atoms with E-state index in [2.05, 4.69) is 5.32 Å². The highest BCUT2D eigenvalue weighted by Gasteiger charge is 2.45. The van der Waals surface area contributed by atoms with Crippen LogP contribution in [-0.4, -0.2) is 47.5 Å². The molecule has 1 unspecified atom stereocenters. The van der Waals surface area contributed by atoms with Crippen LogP contribution in [0.1, 0.15) is 19.8 Å². The summed E-state index contributed by atoms with van der Waals surface area (Å²) >= 11 is 0. The van der Waals surface area contributed by atoms with Crippen molar-refractivity contribution in [3.05, 3.63) is 30.3 Å². The fraction of sp³-hybridized carbons (Fsp3) is 0.400. The Kier molecular flexibility index (Phi) is 4.37. The number of hydrogen-bond acceptors (Lipinski definition) is 3. The van der Waals surface area contributed by atoms with Gasteiger partial charge in [0, 0.05) is 19.0 Å². The number of quaternary nitrogens is 1. The molecular weight excluding hydrogens is 270 g/mol. The smallest absolute Gasteiger partial charge is 0.324 e. The first-order valence-electron chi connectivity index (χ1n) is 6.96. The fourth-order valence-electron chi connectivity index (χ4n) is 2.60. The van der Waals surface area contributed by atoms with Gasteiger partial charge in [-0.15, -0.1) is 0 Å². The third kappa shape index (κ3) is 3.28. The van der Waals surface area contributed by atoms with Gasteiger partial charge >= 0.3 is 5.91 Å². The molecule has 6 heteroatoms. The Morgan fingerprint density at radius 3 is 2.48 bits per heavy atom. The van der Waals surface area contributed by atoms with E-state index in [0.29, 0.717) is 18.7 Å². The van der Waals surface area contributed by atoms with Gasteiger partial charge in [0.05, 0.1) is 13.5 Å². The average molecular weight is 290 g/mol. The van der Waals surface area contributed by atoms with E-state index < -0.39 is 0 Å². The number of likely N-dealkylation sites (tertiary alicyclic amines) is 1. The number of nitrogens with one attached hydrogen (secondary N) is 1. The number of para-hydroxylation sites is 1. The summed E-state index contributed by atoms with van der Waals surface area (Å²) in [6.07, 6.45) is 1.18. The standard InChI is InChI=1S/C15H19N3O3/c1-12(19)17(18(2)10-6-9-15(18)21)11-14(20)16-13-7-4-3-5-8-13/h3-5,7-8H,6,9-11H2,1-2H3/p+1. The molecule has 2 rings (SSSR count). The molecule has 1 aromatic carbocycles. The molecule has 0 spiro atoms. The Morgan fingerprint density at radius 2 is 1.95 bits per heavy atom. The van der Waals surface area contributed by atoms with Gasteiger partial charge in [0.25, 0.3) is 5.91 Å². The first-order chi connectivity index (χ1) is 9.93. The normalized spacial score (nSPS) is 21.1. The lowest BCUT2D eigenvalue weighted by atomic mass is 10.3. The van der Waals surface area contributed by atoms with Crippen LogP contribution in [0.5, 0.6) is 0 Å². The Hall–Kier alpha value is -2.21. The van der Waals surface area contributed by atoms with Crippen molar-refractivity contribution in [2.75, 3.05) is 25.5 Å². The number of benzene rings is 1. The molecule has 0 saturated carbocycles. The number of hydrogen-bond donors (Lipinski definition) is 1. The predicted octanol–water partition coefficient (Wildman–Crippen LogP) is 1.16. The zero-order valence-corrected chi connectivity index (χ0v) is 12.3. The van der Waals surface area contributed by atoms with Crippen molar-refractivity contribution in [3.8, 4) is 0 Å². The molecule has 1 fully saturated rings. The van der Waals surface area contributed by atoms with Crippen LogP contribution in [0.15, 0.2) is 30.3 Å². The molecule has 0 radical (unpaired) electrons. The molecule has 1 aliphatic rings. The highest BCUT2D eigenvalue weighted by Crippen LogP contribution is 2.22. The molecule has 3 amide bonds. The molecule has 21 heavy (non-hydrogen) atoms. The lowest BCUT2D eigenvalue weighted by Gasteiger charge is -2.36. The van der Waals surface area contributed by atoms with Gasteiger partial charge in [-0.25, -0.2) is 4.79 Å². The van der Waals surface area contributed by atoms with E-state index in [1.165, 1.54) is 11.9 Å². The van der Waals surface area contributed by atoms with Crippen molar-refractivity contribution in [3.63, 3.8) is 0 Å². The van der Waals surface area contributed by atoms with Gasteiger partial charge in [0.2, 0.25) is 5.91 Å². The molecule has 6 nitrogen and oxygen atoms in total. The van der Waals surface area contributed by atoms with Crippen LogP contribution < -0.4 is 5.32 Å². The molecule has 1 N–H and O–H groups in total. The topological polar surface area (TPSA) is 66.5 Å². The van der Waals surface area contributed by atoms with Crippen molar-refractivity contribution in [1.82, 2.24) is 5.01 Å². The summed E-state index contributed by atoms with van der Waals surface area (Å²) in [6, 6.07) is 9.03. The van der Waals surface area contributed by atoms with Crippen LogP contribution in [0.25, 0.3) is 0 Å². The zero-order valence-electron chi connectivity index (χ0n) is 12.3. The minimum Gasteiger partial charge on any atom is -0.324 e. The quantitative estimate of drug-likeness (QED) is 0.846. The number of rotatable bonds is 4. The van der Waals surface area contributed by atoms with Gasteiger partial charge in [-0.2, -0.15) is 9.60 Å². The number of nitrogens with zero attached hydrogens (tertiary/aromatic N) is 2. The van der Waals surface area contributed by atoms with E-state index in [-0.39, 0.29) is 28.9 Å². The minimum atomic E-state index is -0.310. The van der Waals surface area contributed by atoms with Crippen LogP contribution in [0.4, 0.5) is 5.69 Å². The minimum absolute atomic E-state index is 0.0299. The second-order valence-corrected chi connectivity index (χ2v) is 5.35. The van der Waals surface area contributed by atoms with Gasteiger partial charge in [0.1, 0.15) is 6.54 Å². The third-order valence-corrected chi connectivity index (χ3v) is 3.77. The van der Waals surface area contributed by atoms with E-state index in [9.17, 15) is 14.4 Å². The van der Waals surface area contributed by atoms with E-state index in [0.717, 1.165) is 6.42 Å². The molecule has 112 valence electrons. The summed E-state index contributed by atoms with van der Waals surface area (Å²) in [5, 5.41) is 4.06. The van der Waals surface area contributed by atoms with Crippen molar-refractivity contribution in [1.29, 1.82) is 0 Å². The maximum Gasteiger partial charge on any atom is 0.338 e. The molecular formula is C15H20N3O3+. The molecule has 1 atom stereocenters. The van der Waals surface area contributed by atoms with Gasteiger partial charge in [-0.1, -0.05) is 18.2 Å². The molecule has 1 saturated heterocycles. The molecule has 1 heterocycles. The monoisotopic (exact) mass is 290 g/mol. The summed E-state index contributed by atoms with van der Waals surface area (Å²) in [4.78, 5) is 36.0. The Bertz CT molecular complexity index is 559. The van der Waals surface area contributed by atoms with E-state index >= 15 is 0 Å². The van der Waals surface area contributed by atoms with Crippen LogP contribution in [0.3, 0.4) is 0 Å². The highest BCUT2D eigenvalue weighted by atomic mass is 16.2. The van der Waals surface area contributed by atoms with Crippen LogP contribution in [0, 0.1) is 0 Å². The van der Waals surface area contributed by atoms with Gasteiger partial charge in [0.15, 0.2) is 6.54 Å². The summed E-state index contributed by atoms with van der Waals surface area (Å²) < 4.78 is -0.114. The van der Waals surface area contributed by atoms with Crippen molar-refractivity contribution >= 4 is 23.4 Å². The maximum absolute atomic E-state index is 12.1. The second-order valence-electron chi connectivity index (χ2n) is 5.35. The summed E-state index contributed by atoms with van der Waals surface area (Å²) in [6.45, 7) is 1.80. The summed E-state index contributed by atoms with van der Waals surface area (Å²) in [5.74, 6) is -0.621. The van der Waals surface area contributed by atoms with Crippen LogP contribution in [0.2, 0.25) is 0 Å². The number of carbonyl (C=O) groups excluding carboxylic acids is 3. The maximum atomic E-state index is 12.1. The largest absolute Gasteiger partial charge is 0.338 e. The molecule has 0 aromatic heterocycles. The summed E-state index contributed by atoms with van der Waals surface area (Å²) in [5.41, 5.74) is 0.668. The van der Waals surface area contributed by atoms with Gasteiger partial charge < -0.3 is 5.32 Å². The predicted molar refractivity (Wildman–Crippen MR) is 77.8 cm³/mol. The number of amides is 3. The lowest BCUT2D eigenvalue weighted by molar-refractivity contribution is -0.930. The fourth-order valence-corrected chi connectivity index (χ4v) is 2.60. The van der Waals surface area contributed by atoms with Gasteiger partial charge in [-0.05, 0) is 12.1 Å². The number of anilines is 1. The average Bonchev–Trinajstić information content (AvgIpc) is 2.77. The second kappa shape index (κ2) is 6.05. The van der Waals surface area contributed by atoms with Crippen molar-refractivity contribution in [2.45, 2.75) is 19.8 Å². The van der Waals surface area contributed by atoms with Crippen molar-refractivity contribution in [2.24, 2.45) is 0 Å². The molecule has 0 bridgehead atoms. The Balaban J connectivity index is 2.08. The molecule has 1 aliphatic heterocycles. The summed E-state index contributed by atoms with van der Waals surface area (Å²) in [7, 11) is 1.69. The third-order valence-electron chi connectivity index (χ3n) is 3.77. The van der Waals surface area contributed by atoms with E-state index in [1.54, 1.807) is 19.2 Å². The van der Waals surface area contributed by atoms with E-state index in [1.807, 2.05) is 18.2 Å². The van der Waals surface area contributed by atoms with Gasteiger partial charge in [-0.3, -0.25) is 9.59 Å². The zero-order chi connectivity index (χ0) is 15.5. The first kappa shape index (κ1) is 15.2. The van der Waals surface area contributed by atoms with E-state index in [4.69, 9.17) is 0 Å². The Labute approximate surface area is 123 Å². The lowest BCUT2D eigenvalue weighted by Crippen LogP contribution is -2.61. The Morgan fingerprint density at radius 1 is 1.29 bits per heavy atom. The molecule has 1 aromatic rings. The first-order valence-corrected chi connectivity index (χ1v) is 6.96. The highest BCUT2D eigenvalue weighted by molar-refractivity contribution is 5.94. The van der Waals surface area contributed by atoms with Crippen LogP contribution in [-0.2, 0) is 14.4 Å². The van der Waals surface area contributed by atoms with Crippen LogP contribution >= 0.6 is 0 Å². The number of carbonyl (C=O) groups is 3. The van der Waals surface area contributed by atoms with Crippen molar-refractivity contribution < 1.29 is 19.0 Å². The molecule has 0 aliphatic carbocycles.